The van der Waals surface area contributed by atoms with Crippen molar-refractivity contribution in [2.24, 2.45) is 10.9 Å². The number of rotatable bonds is 7. The van der Waals surface area contributed by atoms with Crippen LogP contribution in [0, 0.1) is 5.92 Å². The van der Waals surface area contributed by atoms with Crippen LogP contribution in [-0.2, 0) is 5.41 Å². The zero-order chi connectivity index (χ0) is 24.0. The maximum atomic E-state index is 12.7. The van der Waals surface area contributed by atoms with Gasteiger partial charge in [-0.1, -0.05) is 40.7 Å². The van der Waals surface area contributed by atoms with E-state index in [0.717, 1.165) is 29.9 Å². The summed E-state index contributed by atoms with van der Waals surface area (Å²) in [5.74, 6) is 0.788. The van der Waals surface area contributed by atoms with E-state index in [4.69, 9.17) is 0 Å². The first-order chi connectivity index (χ1) is 15.6. The van der Waals surface area contributed by atoms with E-state index >= 15 is 0 Å². The summed E-state index contributed by atoms with van der Waals surface area (Å²) in [5.41, 5.74) is 3.70. The number of nitrogens with zero attached hydrogens (tertiary/aromatic N) is 1. The molecule has 0 saturated carbocycles. The molecule has 0 aliphatic carbocycles. The second-order valence-electron chi connectivity index (χ2n) is 9.77. The summed E-state index contributed by atoms with van der Waals surface area (Å²) in [6, 6.07) is 13.1. The van der Waals surface area contributed by atoms with Crippen LogP contribution in [0.1, 0.15) is 67.3 Å². The molecular weight excluding hydrogens is 414 g/mol. The molecule has 0 atom stereocenters. The van der Waals surface area contributed by atoms with Crippen LogP contribution in [0.5, 0.6) is 0 Å². The van der Waals surface area contributed by atoms with Gasteiger partial charge in [0, 0.05) is 35.6 Å². The number of guanidine groups is 1. The van der Waals surface area contributed by atoms with E-state index in [1.807, 2.05) is 36.4 Å². The molecule has 0 saturated heterocycles. The van der Waals surface area contributed by atoms with Gasteiger partial charge >= 0.3 is 0 Å². The highest BCUT2D eigenvalue weighted by molar-refractivity contribution is 6.06. The third-order valence-electron chi connectivity index (χ3n) is 5.41. The van der Waals surface area contributed by atoms with E-state index in [1.54, 1.807) is 6.07 Å². The molecular formula is C26H35N5O2. The number of nitrogens with one attached hydrogen (secondary N) is 4. The van der Waals surface area contributed by atoms with Crippen molar-refractivity contribution in [2.75, 3.05) is 25.0 Å². The molecule has 0 aromatic heterocycles. The molecule has 1 aliphatic heterocycles. The van der Waals surface area contributed by atoms with Gasteiger partial charge in [0.25, 0.3) is 11.8 Å². The minimum absolute atomic E-state index is 0.0780. The number of benzene rings is 2. The summed E-state index contributed by atoms with van der Waals surface area (Å²) in [5, 5.41) is 12.3. The lowest BCUT2D eigenvalue weighted by Crippen LogP contribution is -2.38. The van der Waals surface area contributed by atoms with Gasteiger partial charge in [-0.2, -0.15) is 0 Å². The van der Waals surface area contributed by atoms with Crippen molar-refractivity contribution < 1.29 is 9.59 Å². The topological polar surface area (TPSA) is 94.6 Å². The Balaban J connectivity index is 1.78. The standard InChI is InChI=1S/C26H35N5O2/c1-17(2)11-12-27-23(32)18-7-6-8-20(15-18)30-22-10-9-19(16-21(22)26(3,4)5)24(33)31-25-28-13-14-29-25/h6-10,15-17,30H,11-14H2,1-5H3,(H,27,32)(H2,28,29,31,33). The zero-order valence-corrected chi connectivity index (χ0v) is 20.2. The zero-order valence-electron chi connectivity index (χ0n) is 20.2. The van der Waals surface area contributed by atoms with Gasteiger partial charge in [0.05, 0.1) is 6.54 Å². The predicted molar refractivity (Wildman–Crippen MR) is 134 cm³/mol. The molecule has 4 N–H and O–H groups in total. The maximum Gasteiger partial charge on any atom is 0.257 e. The summed E-state index contributed by atoms with van der Waals surface area (Å²) in [6.07, 6.45) is 0.946. The highest BCUT2D eigenvalue weighted by Crippen LogP contribution is 2.32. The molecule has 2 aromatic carbocycles. The van der Waals surface area contributed by atoms with E-state index in [9.17, 15) is 9.59 Å². The Morgan fingerprint density at radius 2 is 1.82 bits per heavy atom. The van der Waals surface area contributed by atoms with Crippen molar-refractivity contribution in [1.29, 1.82) is 0 Å². The minimum Gasteiger partial charge on any atom is -0.355 e. The summed E-state index contributed by atoms with van der Waals surface area (Å²) in [6.45, 7) is 12.7. The van der Waals surface area contributed by atoms with Gasteiger partial charge in [0.15, 0.2) is 5.96 Å². The van der Waals surface area contributed by atoms with Crippen LogP contribution in [-0.4, -0.2) is 37.4 Å². The Kier molecular flexibility index (Phi) is 7.74. The number of aliphatic imine (C=N–C) groups is 1. The highest BCUT2D eigenvalue weighted by Gasteiger charge is 2.21. The third kappa shape index (κ3) is 6.81. The van der Waals surface area contributed by atoms with Crippen LogP contribution in [0.15, 0.2) is 47.5 Å². The van der Waals surface area contributed by atoms with Crippen molar-refractivity contribution in [1.82, 2.24) is 16.0 Å². The van der Waals surface area contributed by atoms with E-state index in [0.29, 0.717) is 36.1 Å². The van der Waals surface area contributed by atoms with Crippen LogP contribution in [0.3, 0.4) is 0 Å². The van der Waals surface area contributed by atoms with Crippen molar-refractivity contribution in [3.8, 4) is 0 Å². The largest absolute Gasteiger partial charge is 0.355 e. The van der Waals surface area contributed by atoms with Gasteiger partial charge in [-0.15, -0.1) is 0 Å². The number of anilines is 2. The Labute approximate surface area is 196 Å². The second kappa shape index (κ2) is 10.5. The molecule has 7 heteroatoms. The molecule has 0 radical (unpaired) electrons. The normalized spacial score (nSPS) is 13.3. The predicted octanol–water partition coefficient (Wildman–Crippen LogP) is 4.19. The fourth-order valence-electron chi connectivity index (χ4n) is 3.55. The molecule has 0 unspecified atom stereocenters. The lowest BCUT2D eigenvalue weighted by Gasteiger charge is -2.24. The summed E-state index contributed by atoms with van der Waals surface area (Å²) < 4.78 is 0. The molecule has 3 rings (SSSR count). The number of hydrogen-bond acceptors (Lipinski definition) is 5. The molecule has 33 heavy (non-hydrogen) atoms. The Morgan fingerprint density at radius 3 is 2.48 bits per heavy atom. The van der Waals surface area contributed by atoms with E-state index < -0.39 is 0 Å². The smallest absolute Gasteiger partial charge is 0.257 e. The lowest BCUT2D eigenvalue weighted by molar-refractivity contribution is 0.0949. The van der Waals surface area contributed by atoms with Crippen molar-refractivity contribution in [3.63, 3.8) is 0 Å². The number of carbonyl (C=O) groups is 2. The molecule has 1 aliphatic rings. The molecule has 0 spiro atoms. The van der Waals surface area contributed by atoms with Crippen molar-refractivity contribution in [3.05, 3.63) is 59.2 Å². The van der Waals surface area contributed by atoms with Gasteiger partial charge in [0.1, 0.15) is 0 Å². The van der Waals surface area contributed by atoms with Crippen LogP contribution in [0.4, 0.5) is 11.4 Å². The summed E-state index contributed by atoms with van der Waals surface area (Å²) in [4.78, 5) is 29.4. The molecule has 2 amide bonds. The SMILES string of the molecule is CC(C)CCNC(=O)c1cccc(Nc2ccc(C(=O)NC3=NCCN3)cc2C(C)(C)C)c1. The molecule has 176 valence electrons. The van der Waals surface area contributed by atoms with Gasteiger partial charge in [-0.3, -0.25) is 19.9 Å². The van der Waals surface area contributed by atoms with Crippen LogP contribution >= 0.6 is 0 Å². The summed E-state index contributed by atoms with van der Waals surface area (Å²) in [7, 11) is 0. The van der Waals surface area contributed by atoms with E-state index in [-0.39, 0.29) is 17.2 Å². The highest BCUT2D eigenvalue weighted by atomic mass is 16.2. The maximum absolute atomic E-state index is 12.7. The Bertz CT molecular complexity index is 1040. The Hall–Kier alpha value is -3.35. The lowest BCUT2D eigenvalue weighted by atomic mass is 9.84. The average molecular weight is 450 g/mol. The third-order valence-corrected chi connectivity index (χ3v) is 5.41. The molecule has 0 fully saturated rings. The van der Waals surface area contributed by atoms with Crippen LogP contribution < -0.4 is 21.3 Å². The first-order valence-electron chi connectivity index (χ1n) is 11.5. The van der Waals surface area contributed by atoms with Gasteiger partial charge in [0.2, 0.25) is 0 Å². The summed E-state index contributed by atoms with van der Waals surface area (Å²) >= 11 is 0. The molecule has 1 heterocycles. The van der Waals surface area contributed by atoms with Crippen LogP contribution in [0.2, 0.25) is 0 Å². The Morgan fingerprint density at radius 1 is 1.06 bits per heavy atom. The van der Waals surface area contributed by atoms with Crippen molar-refractivity contribution >= 4 is 29.1 Å². The van der Waals surface area contributed by atoms with Gasteiger partial charge in [-0.25, -0.2) is 0 Å². The quantitative estimate of drug-likeness (QED) is 0.510. The minimum atomic E-state index is -0.201. The average Bonchev–Trinajstić information content (AvgIpc) is 3.26. The number of hydrogen-bond donors (Lipinski definition) is 4. The molecule has 0 bridgehead atoms. The first kappa shape index (κ1) is 24.3. The number of amides is 2. The monoisotopic (exact) mass is 449 g/mol. The van der Waals surface area contributed by atoms with Crippen molar-refractivity contribution in [2.45, 2.75) is 46.5 Å². The van der Waals surface area contributed by atoms with E-state index in [2.05, 4.69) is 60.9 Å². The molecule has 2 aromatic rings. The first-order valence-corrected chi connectivity index (χ1v) is 11.5. The fourth-order valence-corrected chi connectivity index (χ4v) is 3.55. The number of carbonyl (C=O) groups excluding carboxylic acids is 2. The van der Waals surface area contributed by atoms with Gasteiger partial charge in [-0.05, 0) is 59.7 Å². The second-order valence-corrected chi connectivity index (χ2v) is 9.77. The van der Waals surface area contributed by atoms with Gasteiger partial charge < -0.3 is 16.0 Å². The van der Waals surface area contributed by atoms with Crippen LogP contribution in [0.25, 0.3) is 0 Å². The molecule has 7 nitrogen and oxygen atoms in total. The van der Waals surface area contributed by atoms with E-state index in [1.165, 1.54) is 0 Å². The fraction of sp³-hybridized carbons (Fsp3) is 0.423.